The summed E-state index contributed by atoms with van der Waals surface area (Å²) in [4.78, 5) is -0.549. The number of benzene rings is 1. The minimum absolute atomic E-state index is 0.110. The fraction of sp³-hybridized carbons (Fsp3) is 0.400. The van der Waals surface area contributed by atoms with Crippen molar-refractivity contribution in [1.82, 2.24) is 4.31 Å². The Morgan fingerprint density at radius 3 is 2.11 bits per heavy atom. The first-order valence-electron chi connectivity index (χ1n) is 5.47. The Bertz CT molecular complexity index is 667. The normalized spacial score (nSPS) is 12.9. The highest BCUT2D eigenvalue weighted by Gasteiger charge is 2.24. The number of hydrogen-bond donors (Lipinski definition) is 1. The standard InChI is InChI=1S/C10H15ClN2O4S2/c1-3-13(4-2)19(16,17)8-5-6-9(11)10(7-8)18(12,14)15/h5-7H,3-4H2,1-2H3,(H2,12,14,15). The van der Waals surface area contributed by atoms with E-state index in [-0.39, 0.29) is 23.0 Å². The van der Waals surface area contributed by atoms with Crippen LogP contribution in [0.2, 0.25) is 5.02 Å². The molecule has 0 saturated carbocycles. The lowest BCUT2D eigenvalue weighted by Crippen LogP contribution is -2.30. The third-order valence-electron chi connectivity index (χ3n) is 2.55. The molecular formula is C10H15ClN2O4S2. The van der Waals surface area contributed by atoms with Crippen LogP contribution in [0.25, 0.3) is 0 Å². The summed E-state index contributed by atoms with van der Waals surface area (Å²) in [6, 6.07) is 3.44. The molecule has 9 heteroatoms. The second-order valence-electron chi connectivity index (χ2n) is 3.73. The van der Waals surface area contributed by atoms with E-state index in [2.05, 4.69) is 0 Å². The van der Waals surface area contributed by atoms with E-state index in [1.807, 2.05) is 0 Å². The Morgan fingerprint density at radius 2 is 1.68 bits per heavy atom. The van der Waals surface area contributed by atoms with Gasteiger partial charge in [0.25, 0.3) is 0 Å². The highest BCUT2D eigenvalue weighted by Crippen LogP contribution is 2.25. The Morgan fingerprint density at radius 1 is 1.16 bits per heavy atom. The number of halogens is 1. The smallest absolute Gasteiger partial charge is 0.225 e. The van der Waals surface area contributed by atoms with Gasteiger partial charge in [-0.25, -0.2) is 22.0 Å². The molecule has 0 amide bonds. The molecule has 1 aromatic carbocycles. The summed E-state index contributed by atoms with van der Waals surface area (Å²) in [5.41, 5.74) is 0. The van der Waals surface area contributed by atoms with Crippen molar-refractivity contribution in [3.8, 4) is 0 Å². The Hall–Kier alpha value is -0.670. The molecule has 0 unspecified atom stereocenters. The lowest BCUT2D eigenvalue weighted by atomic mass is 10.4. The van der Waals surface area contributed by atoms with E-state index in [0.29, 0.717) is 0 Å². The summed E-state index contributed by atoms with van der Waals surface area (Å²) in [6.07, 6.45) is 0. The fourth-order valence-electron chi connectivity index (χ4n) is 1.57. The van der Waals surface area contributed by atoms with E-state index in [1.165, 1.54) is 16.4 Å². The van der Waals surface area contributed by atoms with Crippen LogP contribution in [-0.4, -0.2) is 34.2 Å². The van der Waals surface area contributed by atoms with Crippen LogP contribution < -0.4 is 5.14 Å². The molecular weight excluding hydrogens is 312 g/mol. The van der Waals surface area contributed by atoms with Crippen LogP contribution in [-0.2, 0) is 20.0 Å². The molecule has 0 spiro atoms. The average molecular weight is 327 g/mol. The average Bonchev–Trinajstić information content (AvgIpc) is 2.28. The SMILES string of the molecule is CCN(CC)S(=O)(=O)c1ccc(Cl)c(S(N)(=O)=O)c1. The number of hydrogen-bond acceptors (Lipinski definition) is 4. The van der Waals surface area contributed by atoms with Crippen molar-refractivity contribution in [1.29, 1.82) is 0 Å². The summed E-state index contributed by atoms with van der Waals surface area (Å²) >= 11 is 5.71. The van der Waals surface area contributed by atoms with Crippen molar-refractivity contribution in [2.45, 2.75) is 23.6 Å². The Labute approximate surface area is 118 Å². The summed E-state index contributed by atoms with van der Waals surface area (Å²) in [5, 5.41) is 4.88. The van der Waals surface area contributed by atoms with Crippen LogP contribution in [0, 0.1) is 0 Å². The van der Waals surface area contributed by atoms with Gasteiger partial charge in [0.1, 0.15) is 4.90 Å². The second kappa shape index (κ2) is 5.76. The third-order valence-corrected chi connectivity index (χ3v) is 5.99. The van der Waals surface area contributed by atoms with Crippen molar-refractivity contribution in [2.24, 2.45) is 5.14 Å². The molecule has 19 heavy (non-hydrogen) atoms. The molecule has 0 aromatic heterocycles. The van der Waals surface area contributed by atoms with Gasteiger partial charge in [-0.1, -0.05) is 25.4 Å². The van der Waals surface area contributed by atoms with Gasteiger partial charge in [0.15, 0.2) is 0 Å². The van der Waals surface area contributed by atoms with Crippen molar-refractivity contribution in [3.63, 3.8) is 0 Å². The molecule has 6 nitrogen and oxygen atoms in total. The molecule has 1 aromatic rings. The summed E-state index contributed by atoms with van der Waals surface area (Å²) < 4.78 is 48.3. The van der Waals surface area contributed by atoms with Crippen molar-refractivity contribution in [2.75, 3.05) is 13.1 Å². The maximum atomic E-state index is 12.2. The van der Waals surface area contributed by atoms with Gasteiger partial charge in [0.05, 0.1) is 9.92 Å². The summed E-state index contributed by atoms with van der Waals surface area (Å²) in [5.74, 6) is 0. The van der Waals surface area contributed by atoms with Gasteiger partial charge >= 0.3 is 0 Å². The lowest BCUT2D eigenvalue weighted by molar-refractivity contribution is 0.445. The first kappa shape index (κ1) is 16.4. The molecule has 0 radical (unpaired) electrons. The predicted octanol–water partition coefficient (Wildman–Crippen LogP) is 1.02. The van der Waals surface area contributed by atoms with Gasteiger partial charge in [-0.2, -0.15) is 4.31 Å². The number of nitrogens with two attached hydrogens (primary N) is 1. The zero-order chi connectivity index (χ0) is 14.8. The fourth-order valence-corrected chi connectivity index (χ4v) is 4.21. The molecule has 108 valence electrons. The van der Waals surface area contributed by atoms with Crippen LogP contribution in [0.3, 0.4) is 0 Å². The van der Waals surface area contributed by atoms with Crippen LogP contribution >= 0.6 is 11.6 Å². The summed E-state index contributed by atoms with van der Waals surface area (Å²) in [7, 11) is -7.82. The van der Waals surface area contributed by atoms with Gasteiger partial charge in [-0.15, -0.1) is 0 Å². The quantitative estimate of drug-likeness (QED) is 0.873. The molecule has 0 fully saturated rings. The monoisotopic (exact) mass is 326 g/mol. The van der Waals surface area contributed by atoms with E-state index in [0.717, 1.165) is 6.07 Å². The topological polar surface area (TPSA) is 97.5 Å². The zero-order valence-electron chi connectivity index (χ0n) is 10.5. The predicted molar refractivity (Wildman–Crippen MR) is 72.9 cm³/mol. The zero-order valence-corrected chi connectivity index (χ0v) is 12.9. The molecule has 0 heterocycles. The molecule has 1 rings (SSSR count). The molecule has 0 saturated heterocycles. The number of rotatable bonds is 5. The largest absolute Gasteiger partial charge is 0.243 e. The van der Waals surface area contributed by atoms with Gasteiger partial charge in [0, 0.05) is 13.1 Å². The highest BCUT2D eigenvalue weighted by atomic mass is 35.5. The highest BCUT2D eigenvalue weighted by molar-refractivity contribution is 7.90. The van der Waals surface area contributed by atoms with Crippen LogP contribution in [0.1, 0.15) is 13.8 Å². The Kier molecular flexibility index (Phi) is 4.97. The maximum absolute atomic E-state index is 12.2. The number of primary sulfonamides is 1. The van der Waals surface area contributed by atoms with Crippen LogP contribution in [0.15, 0.2) is 28.0 Å². The van der Waals surface area contributed by atoms with Gasteiger partial charge in [-0.05, 0) is 18.2 Å². The van der Waals surface area contributed by atoms with Gasteiger partial charge in [0.2, 0.25) is 20.0 Å². The molecule has 0 atom stereocenters. The van der Waals surface area contributed by atoms with E-state index < -0.39 is 24.9 Å². The number of sulfonamides is 2. The van der Waals surface area contributed by atoms with E-state index in [4.69, 9.17) is 16.7 Å². The van der Waals surface area contributed by atoms with Crippen LogP contribution in [0.4, 0.5) is 0 Å². The van der Waals surface area contributed by atoms with Gasteiger partial charge in [-0.3, -0.25) is 0 Å². The minimum atomic E-state index is -4.07. The maximum Gasteiger partial charge on any atom is 0.243 e. The minimum Gasteiger partial charge on any atom is -0.225 e. The van der Waals surface area contributed by atoms with Gasteiger partial charge < -0.3 is 0 Å². The van der Waals surface area contributed by atoms with E-state index >= 15 is 0 Å². The number of nitrogens with zero attached hydrogens (tertiary/aromatic N) is 1. The third kappa shape index (κ3) is 3.46. The van der Waals surface area contributed by atoms with Crippen molar-refractivity contribution in [3.05, 3.63) is 23.2 Å². The molecule has 0 aliphatic carbocycles. The van der Waals surface area contributed by atoms with E-state index in [9.17, 15) is 16.8 Å². The van der Waals surface area contributed by atoms with E-state index in [1.54, 1.807) is 13.8 Å². The van der Waals surface area contributed by atoms with Crippen LogP contribution in [0.5, 0.6) is 0 Å². The molecule has 0 aliphatic heterocycles. The summed E-state index contributed by atoms with van der Waals surface area (Å²) in [6.45, 7) is 3.95. The molecule has 0 aliphatic rings. The molecule has 0 bridgehead atoms. The second-order valence-corrected chi connectivity index (χ2v) is 7.60. The lowest BCUT2D eigenvalue weighted by Gasteiger charge is -2.18. The first-order valence-corrected chi connectivity index (χ1v) is 8.83. The first-order chi connectivity index (χ1) is 8.64. The Balaban J connectivity index is 3.47. The van der Waals surface area contributed by atoms with Crippen molar-refractivity contribution >= 4 is 31.6 Å². The molecule has 2 N–H and O–H groups in total. The van der Waals surface area contributed by atoms with Crippen molar-refractivity contribution < 1.29 is 16.8 Å².